The summed E-state index contributed by atoms with van der Waals surface area (Å²) in [6.07, 6.45) is 3.13. The molecule has 0 bridgehead atoms. The number of piperidine rings is 1. The van der Waals surface area contributed by atoms with Gasteiger partial charge in [0.25, 0.3) is 0 Å². The Kier molecular flexibility index (Phi) is 3.75. The number of aromatic nitrogens is 1. The van der Waals surface area contributed by atoms with E-state index in [-0.39, 0.29) is 18.5 Å². The minimum Gasteiger partial charge on any atom is -0.394 e. The third-order valence-corrected chi connectivity index (χ3v) is 4.10. The average molecular weight is 284 g/mol. The molecule has 110 valence electrons. The van der Waals surface area contributed by atoms with E-state index in [2.05, 4.69) is 4.90 Å². The van der Waals surface area contributed by atoms with Gasteiger partial charge in [-0.25, -0.2) is 4.98 Å². The summed E-state index contributed by atoms with van der Waals surface area (Å²) < 4.78 is 0. The van der Waals surface area contributed by atoms with Crippen molar-refractivity contribution in [2.45, 2.75) is 25.3 Å². The summed E-state index contributed by atoms with van der Waals surface area (Å²) in [6, 6.07) is 9.81. The van der Waals surface area contributed by atoms with Crippen molar-refractivity contribution in [3.05, 3.63) is 35.9 Å². The van der Waals surface area contributed by atoms with Crippen molar-refractivity contribution >= 4 is 22.6 Å². The van der Waals surface area contributed by atoms with Crippen LogP contribution in [-0.4, -0.2) is 35.1 Å². The quantitative estimate of drug-likeness (QED) is 0.593. The molecule has 3 rings (SSSR count). The molecule has 1 saturated heterocycles. The van der Waals surface area contributed by atoms with Crippen LogP contribution in [0.4, 0.5) is 5.82 Å². The van der Waals surface area contributed by atoms with Crippen molar-refractivity contribution in [2.75, 3.05) is 18.1 Å². The Morgan fingerprint density at radius 2 is 2.19 bits per heavy atom. The standard InChI is InChI=1S/C16H20N4O/c17-15(18)13-9-11-5-1-2-7-14(11)19-16(13)20-8-4-3-6-12(20)10-21/h1-2,5,7,9,12,21H,3-4,6,8,10H2,(H3,17,18). The van der Waals surface area contributed by atoms with E-state index in [1.54, 1.807) is 0 Å². The summed E-state index contributed by atoms with van der Waals surface area (Å²) in [6.45, 7) is 0.947. The number of hydrogen-bond donors (Lipinski definition) is 3. The molecule has 5 nitrogen and oxygen atoms in total. The van der Waals surface area contributed by atoms with Crippen LogP contribution in [0.25, 0.3) is 10.9 Å². The zero-order valence-corrected chi connectivity index (χ0v) is 11.9. The van der Waals surface area contributed by atoms with Crippen LogP contribution in [-0.2, 0) is 0 Å². The Morgan fingerprint density at radius 1 is 1.38 bits per heavy atom. The smallest absolute Gasteiger partial charge is 0.140 e. The number of aliphatic hydroxyl groups excluding tert-OH is 1. The monoisotopic (exact) mass is 284 g/mol. The zero-order chi connectivity index (χ0) is 14.8. The van der Waals surface area contributed by atoms with Crippen LogP contribution in [0.15, 0.2) is 30.3 Å². The van der Waals surface area contributed by atoms with E-state index in [1.165, 1.54) is 0 Å². The van der Waals surface area contributed by atoms with Crippen LogP contribution in [0.2, 0.25) is 0 Å². The highest BCUT2D eigenvalue weighted by molar-refractivity contribution is 6.03. The SMILES string of the molecule is N=C(N)c1cc2ccccc2nc1N1CCCCC1CO. The number of nitrogens with one attached hydrogen (secondary N) is 1. The van der Waals surface area contributed by atoms with Crippen molar-refractivity contribution in [1.29, 1.82) is 5.41 Å². The Morgan fingerprint density at radius 3 is 2.95 bits per heavy atom. The minimum atomic E-state index is 0.0190. The van der Waals surface area contributed by atoms with Gasteiger partial charge in [0.1, 0.15) is 11.7 Å². The number of nitrogens with zero attached hydrogens (tertiary/aromatic N) is 2. The van der Waals surface area contributed by atoms with Gasteiger partial charge in [0, 0.05) is 11.9 Å². The van der Waals surface area contributed by atoms with Gasteiger partial charge in [0.05, 0.1) is 23.7 Å². The van der Waals surface area contributed by atoms with Gasteiger partial charge in [-0.1, -0.05) is 18.2 Å². The molecule has 4 N–H and O–H groups in total. The summed E-state index contributed by atoms with van der Waals surface area (Å²) in [5, 5.41) is 18.4. The molecule has 0 spiro atoms. The number of fused-ring (bicyclic) bond motifs is 1. The van der Waals surface area contributed by atoms with E-state index in [0.717, 1.165) is 42.5 Å². The van der Waals surface area contributed by atoms with E-state index < -0.39 is 0 Å². The molecule has 2 heterocycles. The van der Waals surface area contributed by atoms with Crippen molar-refractivity contribution in [3.8, 4) is 0 Å². The van der Waals surface area contributed by atoms with Crippen molar-refractivity contribution in [3.63, 3.8) is 0 Å². The maximum atomic E-state index is 9.61. The molecular weight excluding hydrogens is 264 g/mol. The Bertz CT molecular complexity index is 670. The van der Waals surface area contributed by atoms with Gasteiger partial charge in [-0.15, -0.1) is 0 Å². The number of pyridine rings is 1. The van der Waals surface area contributed by atoms with Gasteiger partial charge >= 0.3 is 0 Å². The van der Waals surface area contributed by atoms with Crippen LogP contribution in [0, 0.1) is 5.41 Å². The second-order valence-electron chi connectivity index (χ2n) is 5.49. The first-order chi connectivity index (χ1) is 10.2. The molecule has 1 aromatic carbocycles. The predicted molar refractivity (Wildman–Crippen MR) is 84.8 cm³/mol. The maximum absolute atomic E-state index is 9.61. The molecule has 1 unspecified atom stereocenters. The Hall–Kier alpha value is -2.14. The number of anilines is 1. The topological polar surface area (TPSA) is 86.2 Å². The molecule has 1 fully saturated rings. The molecule has 1 aliphatic heterocycles. The summed E-state index contributed by atoms with van der Waals surface area (Å²) in [5.41, 5.74) is 7.29. The van der Waals surface area contributed by atoms with E-state index in [4.69, 9.17) is 16.1 Å². The number of hydrogen-bond acceptors (Lipinski definition) is 4. The lowest BCUT2D eigenvalue weighted by molar-refractivity contribution is 0.239. The number of para-hydroxylation sites is 1. The van der Waals surface area contributed by atoms with Crippen molar-refractivity contribution in [1.82, 2.24) is 4.98 Å². The molecule has 1 atom stereocenters. The lowest BCUT2D eigenvalue weighted by atomic mass is 10.0. The van der Waals surface area contributed by atoms with Crippen LogP contribution in [0.5, 0.6) is 0 Å². The van der Waals surface area contributed by atoms with Crippen LogP contribution in [0.1, 0.15) is 24.8 Å². The summed E-state index contributed by atoms with van der Waals surface area (Å²) in [5.74, 6) is 0.741. The summed E-state index contributed by atoms with van der Waals surface area (Å²) in [7, 11) is 0. The molecular formula is C16H20N4O. The van der Waals surface area contributed by atoms with Crippen LogP contribution >= 0.6 is 0 Å². The molecule has 21 heavy (non-hydrogen) atoms. The molecule has 0 radical (unpaired) electrons. The van der Waals surface area contributed by atoms with E-state index in [9.17, 15) is 5.11 Å². The second kappa shape index (κ2) is 5.69. The summed E-state index contributed by atoms with van der Waals surface area (Å²) in [4.78, 5) is 6.82. The van der Waals surface area contributed by atoms with Gasteiger partial charge < -0.3 is 15.7 Å². The number of benzene rings is 1. The highest BCUT2D eigenvalue weighted by Gasteiger charge is 2.26. The van der Waals surface area contributed by atoms with Crippen LogP contribution < -0.4 is 10.6 Å². The van der Waals surface area contributed by atoms with Gasteiger partial charge in [-0.05, 0) is 31.4 Å². The molecule has 0 saturated carbocycles. The maximum Gasteiger partial charge on any atom is 0.140 e. The number of amidine groups is 1. The van der Waals surface area contributed by atoms with E-state index in [0.29, 0.717) is 5.56 Å². The van der Waals surface area contributed by atoms with Gasteiger partial charge in [0.15, 0.2) is 0 Å². The van der Waals surface area contributed by atoms with Crippen molar-refractivity contribution in [2.24, 2.45) is 5.73 Å². The van der Waals surface area contributed by atoms with Crippen LogP contribution in [0.3, 0.4) is 0 Å². The Labute approximate surface area is 123 Å². The van der Waals surface area contributed by atoms with E-state index in [1.807, 2.05) is 30.3 Å². The molecule has 5 heteroatoms. The fraction of sp³-hybridized carbons (Fsp3) is 0.375. The third kappa shape index (κ3) is 2.56. The minimum absolute atomic E-state index is 0.0190. The number of nitrogen functional groups attached to an aromatic ring is 1. The van der Waals surface area contributed by atoms with E-state index >= 15 is 0 Å². The number of aliphatic hydroxyl groups is 1. The largest absolute Gasteiger partial charge is 0.394 e. The third-order valence-electron chi connectivity index (χ3n) is 4.10. The zero-order valence-electron chi connectivity index (χ0n) is 11.9. The highest BCUT2D eigenvalue weighted by Crippen LogP contribution is 2.28. The van der Waals surface area contributed by atoms with Gasteiger partial charge in [-0.2, -0.15) is 0 Å². The average Bonchev–Trinajstić information content (AvgIpc) is 2.53. The Balaban J connectivity index is 2.14. The fourth-order valence-corrected chi connectivity index (χ4v) is 2.99. The van der Waals surface area contributed by atoms with Crippen molar-refractivity contribution < 1.29 is 5.11 Å². The first kappa shape index (κ1) is 13.8. The summed E-state index contributed by atoms with van der Waals surface area (Å²) >= 11 is 0. The first-order valence-corrected chi connectivity index (χ1v) is 7.32. The predicted octanol–water partition coefficient (Wildman–Crippen LogP) is 1.87. The lowest BCUT2D eigenvalue weighted by Crippen LogP contribution is -2.43. The van der Waals surface area contributed by atoms with Gasteiger partial charge in [-0.3, -0.25) is 5.41 Å². The fourth-order valence-electron chi connectivity index (χ4n) is 2.99. The normalized spacial score (nSPS) is 18.9. The molecule has 0 aliphatic carbocycles. The molecule has 1 aromatic heterocycles. The molecule has 0 amide bonds. The lowest BCUT2D eigenvalue weighted by Gasteiger charge is -2.36. The first-order valence-electron chi connectivity index (χ1n) is 7.32. The number of nitrogens with two attached hydrogens (primary N) is 1. The van der Waals surface area contributed by atoms with Gasteiger partial charge in [0.2, 0.25) is 0 Å². The second-order valence-corrected chi connectivity index (χ2v) is 5.49. The highest BCUT2D eigenvalue weighted by atomic mass is 16.3. The number of rotatable bonds is 3. The molecule has 2 aromatic rings. The molecule has 1 aliphatic rings.